The number of benzene rings is 2. The summed E-state index contributed by atoms with van der Waals surface area (Å²) in [6.07, 6.45) is 4.97. The number of hydrogen-bond acceptors (Lipinski definition) is 4. The second kappa shape index (κ2) is 9.73. The van der Waals surface area contributed by atoms with Gasteiger partial charge in [0.25, 0.3) is 5.91 Å². The number of anilines is 1. The van der Waals surface area contributed by atoms with Crippen LogP contribution in [0.4, 0.5) is 5.69 Å². The first-order valence-corrected chi connectivity index (χ1v) is 9.73. The fraction of sp³-hybridized carbons (Fsp3) is 0.250. The maximum Gasteiger partial charge on any atom is 0.257 e. The lowest BCUT2D eigenvalue weighted by molar-refractivity contribution is 0.102. The van der Waals surface area contributed by atoms with Crippen LogP contribution >= 0.6 is 0 Å². The van der Waals surface area contributed by atoms with Crippen LogP contribution in [-0.2, 0) is 6.42 Å². The summed E-state index contributed by atoms with van der Waals surface area (Å²) >= 11 is 0. The molecule has 0 aliphatic carbocycles. The average molecular weight is 390 g/mol. The molecule has 5 heteroatoms. The van der Waals surface area contributed by atoms with Crippen LogP contribution < -0.4 is 14.8 Å². The molecule has 1 N–H and O–H groups in total. The predicted molar refractivity (Wildman–Crippen MR) is 116 cm³/mol. The van der Waals surface area contributed by atoms with Gasteiger partial charge in [0, 0.05) is 23.5 Å². The standard InChI is InChI=1S/C24H26N2O3/c1-4-5-6-17-7-10-19(11-8-17)26-24(27)18-9-14-22(25-16-18)21-13-12-20(28-2)15-23(21)29-3/h7-16H,4-6H2,1-3H3,(H,26,27). The Morgan fingerprint density at radius 1 is 1.00 bits per heavy atom. The third-order valence-electron chi connectivity index (χ3n) is 4.74. The average Bonchev–Trinajstić information content (AvgIpc) is 2.78. The molecule has 2 aromatic carbocycles. The summed E-state index contributed by atoms with van der Waals surface area (Å²) in [7, 11) is 3.21. The number of nitrogens with zero attached hydrogens (tertiary/aromatic N) is 1. The number of amides is 1. The summed E-state index contributed by atoms with van der Waals surface area (Å²) in [5.41, 5.74) is 4.11. The molecule has 29 heavy (non-hydrogen) atoms. The normalized spacial score (nSPS) is 10.4. The highest BCUT2D eigenvalue weighted by atomic mass is 16.5. The zero-order chi connectivity index (χ0) is 20.6. The summed E-state index contributed by atoms with van der Waals surface area (Å²) in [5.74, 6) is 1.19. The second-order valence-electron chi connectivity index (χ2n) is 6.75. The van der Waals surface area contributed by atoms with Gasteiger partial charge in [-0.15, -0.1) is 0 Å². The first kappa shape index (κ1) is 20.4. The van der Waals surface area contributed by atoms with Crippen molar-refractivity contribution in [3.8, 4) is 22.8 Å². The molecule has 150 valence electrons. The lowest BCUT2D eigenvalue weighted by Gasteiger charge is -2.11. The number of carbonyl (C=O) groups is 1. The number of hydrogen-bond donors (Lipinski definition) is 1. The topological polar surface area (TPSA) is 60.5 Å². The van der Waals surface area contributed by atoms with Gasteiger partial charge in [0.1, 0.15) is 11.5 Å². The molecular weight excluding hydrogens is 364 g/mol. The van der Waals surface area contributed by atoms with E-state index >= 15 is 0 Å². The first-order chi connectivity index (χ1) is 14.1. The van der Waals surface area contributed by atoms with Crippen LogP contribution in [0.15, 0.2) is 60.8 Å². The van der Waals surface area contributed by atoms with Crippen molar-refractivity contribution in [1.29, 1.82) is 0 Å². The zero-order valence-electron chi connectivity index (χ0n) is 17.1. The van der Waals surface area contributed by atoms with E-state index < -0.39 is 0 Å². The third-order valence-corrected chi connectivity index (χ3v) is 4.74. The molecule has 1 amide bonds. The van der Waals surface area contributed by atoms with Crippen molar-refractivity contribution in [3.63, 3.8) is 0 Å². The van der Waals surface area contributed by atoms with Gasteiger partial charge in [0.2, 0.25) is 0 Å². The van der Waals surface area contributed by atoms with Crippen molar-refractivity contribution in [2.45, 2.75) is 26.2 Å². The summed E-state index contributed by atoms with van der Waals surface area (Å²) in [4.78, 5) is 17.0. The molecule has 5 nitrogen and oxygen atoms in total. The highest BCUT2D eigenvalue weighted by Gasteiger charge is 2.11. The van der Waals surface area contributed by atoms with Crippen LogP contribution in [0, 0.1) is 0 Å². The van der Waals surface area contributed by atoms with Gasteiger partial charge >= 0.3 is 0 Å². The fourth-order valence-electron chi connectivity index (χ4n) is 3.04. The molecule has 1 aromatic heterocycles. The van der Waals surface area contributed by atoms with Gasteiger partial charge in [-0.3, -0.25) is 9.78 Å². The molecule has 0 aliphatic rings. The SMILES string of the molecule is CCCCc1ccc(NC(=O)c2ccc(-c3ccc(OC)cc3OC)nc2)cc1. The number of unbranched alkanes of at least 4 members (excludes halogenated alkanes) is 1. The van der Waals surface area contributed by atoms with Gasteiger partial charge in [0.05, 0.1) is 25.5 Å². The van der Waals surface area contributed by atoms with Gasteiger partial charge in [-0.05, 0) is 54.8 Å². The highest BCUT2D eigenvalue weighted by Crippen LogP contribution is 2.32. The van der Waals surface area contributed by atoms with Crippen molar-refractivity contribution < 1.29 is 14.3 Å². The minimum absolute atomic E-state index is 0.188. The van der Waals surface area contributed by atoms with Gasteiger partial charge in [-0.1, -0.05) is 25.5 Å². The summed E-state index contributed by atoms with van der Waals surface area (Å²) in [6.45, 7) is 2.18. The fourth-order valence-corrected chi connectivity index (χ4v) is 3.04. The lowest BCUT2D eigenvalue weighted by atomic mass is 10.1. The van der Waals surface area contributed by atoms with Crippen molar-refractivity contribution >= 4 is 11.6 Å². The van der Waals surface area contributed by atoms with Crippen molar-refractivity contribution in [3.05, 3.63) is 71.9 Å². The number of pyridine rings is 1. The largest absolute Gasteiger partial charge is 0.497 e. The van der Waals surface area contributed by atoms with Gasteiger partial charge in [-0.2, -0.15) is 0 Å². The smallest absolute Gasteiger partial charge is 0.257 e. The number of methoxy groups -OCH3 is 2. The molecule has 3 aromatic rings. The molecule has 3 rings (SSSR count). The monoisotopic (exact) mass is 390 g/mol. The Labute approximate surface area is 171 Å². The predicted octanol–water partition coefficient (Wildman–Crippen LogP) is 5.36. The Kier molecular flexibility index (Phi) is 6.85. The maximum absolute atomic E-state index is 12.5. The Bertz CT molecular complexity index is 951. The Hall–Kier alpha value is -3.34. The number of nitrogens with one attached hydrogen (secondary N) is 1. The van der Waals surface area contributed by atoms with E-state index in [-0.39, 0.29) is 5.91 Å². The minimum atomic E-state index is -0.188. The molecule has 0 aliphatic heterocycles. The van der Waals surface area contributed by atoms with Crippen molar-refractivity contribution in [2.24, 2.45) is 0 Å². The molecule has 0 fully saturated rings. The number of aromatic nitrogens is 1. The molecule has 0 spiro atoms. The summed E-state index contributed by atoms with van der Waals surface area (Å²) in [5, 5.41) is 2.92. The molecule has 0 bridgehead atoms. The van der Waals surface area contributed by atoms with Gasteiger partial charge in [0.15, 0.2) is 0 Å². The van der Waals surface area contributed by atoms with E-state index in [1.807, 2.05) is 36.4 Å². The number of carbonyl (C=O) groups excluding carboxylic acids is 1. The van der Waals surface area contributed by atoms with E-state index in [0.717, 1.165) is 23.4 Å². The number of ether oxygens (including phenoxy) is 2. The molecule has 0 saturated carbocycles. The Morgan fingerprint density at radius 3 is 2.41 bits per heavy atom. The maximum atomic E-state index is 12.5. The third kappa shape index (κ3) is 5.13. The molecule has 0 radical (unpaired) electrons. The highest BCUT2D eigenvalue weighted by molar-refractivity contribution is 6.04. The van der Waals surface area contributed by atoms with E-state index in [4.69, 9.17) is 9.47 Å². The van der Waals surface area contributed by atoms with Crippen LogP contribution in [0.1, 0.15) is 35.7 Å². The van der Waals surface area contributed by atoms with E-state index in [0.29, 0.717) is 17.1 Å². The molecular formula is C24H26N2O3. The van der Waals surface area contributed by atoms with Gasteiger partial charge in [-0.25, -0.2) is 0 Å². The molecule has 0 saturated heterocycles. The van der Waals surface area contributed by atoms with E-state index in [9.17, 15) is 4.79 Å². The van der Waals surface area contributed by atoms with Crippen LogP contribution in [0.3, 0.4) is 0 Å². The molecule has 0 unspecified atom stereocenters. The molecule has 1 heterocycles. The Balaban J connectivity index is 1.70. The molecule has 0 atom stereocenters. The van der Waals surface area contributed by atoms with Crippen molar-refractivity contribution in [2.75, 3.05) is 19.5 Å². The first-order valence-electron chi connectivity index (χ1n) is 9.73. The number of aryl methyl sites for hydroxylation is 1. The van der Waals surface area contributed by atoms with Crippen LogP contribution in [-0.4, -0.2) is 25.1 Å². The van der Waals surface area contributed by atoms with Gasteiger partial charge < -0.3 is 14.8 Å². The minimum Gasteiger partial charge on any atom is -0.497 e. The van der Waals surface area contributed by atoms with E-state index in [2.05, 4.69) is 29.4 Å². The van der Waals surface area contributed by atoms with E-state index in [1.54, 1.807) is 26.5 Å². The number of rotatable bonds is 8. The Morgan fingerprint density at radius 2 is 1.79 bits per heavy atom. The second-order valence-corrected chi connectivity index (χ2v) is 6.75. The summed E-state index contributed by atoms with van der Waals surface area (Å²) in [6, 6.07) is 17.1. The van der Waals surface area contributed by atoms with Crippen LogP contribution in [0.25, 0.3) is 11.3 Å². The summed E-state index contributed by atoms with van der Waals surface area (Å²) < 4.78 is 10.7. The zero-order valence-corrected chi connectivity index (χ0v) is 17.1. The quantitative estimate of drug-likeness (QED) is 0.562. The van der Waals surface area contributed by atoms with Crippen LogP contribution in [0.2, 0.25) is 0 Å². The lowest BCUT2D eigenvalue weighted by Crippen LogP contribution is -2.12. The van der Waals surface area contributed by atoms with Crippen molar-refractivity contribution in [1.82, 2.24) is 4.98 Å². The van der Waals surface area contributed by atoms with E-state index in [1.165, 1.54) is 18.4 Å². The van der Waals surface area contributed by atoms with Crippen LogP contribution in [0.5, 0.6) is 11.5 Å².